The first-order valence-electron chi connectivity index (χ1n) is 10.3. The molecule has 0 amide bonds. The van der Waals surface area contributed by atoms with Gasteiger partial charge in [0.2, 0.25) is 0 Å². The van der Waals surface area contributed by atoms with Gasteiger partial charge in [0.25, 0.3) is 0 Å². The van der Waals surface area contributed by atoms with E-state index in [4.69, 9.17) is 0 Å². The summed E-state index contributed by atoms with van der Waals surface area (Å²) in [6, 6.07) is 12.6. The highest BCUT2D eigenvalue weighted by molar-refractivity contribution is 7.89. The maximum atomic E-state index is 14.0. The predicted octanol–water partition coefficient (Wildman–Crippen LogP) is 4.22. The molecule has 33 heavy (non-hydrogen) atoms. The Labute approximate surface area is 188 Å². The van der Waals surface area contributed by atoms with Crippen LogP contribution in [0.5, 0.6) is 0 Å². The monoisotopic (exact) mass is 482 g/mol. The van der Waals surface area contributed by atoms with E-state index in [1.54, 1.807) is 6.20 Å². The number of aromatic nitrogens is 2. The summed E-state index contributed by atoms with van der Waals surface area (Å²) in [5.41, 5.74) is -3.12. The van der Waals surface area contributed by atoms with Gasteiger partial charge in [-0.25, -0.2) is 17.8 Å². The molecule has 2 heterocycles. The molecule has 0 fully saturated rings. The summed E-state index contributed by atoms with van der Waals surface area (Å²) in [7, 11) is -5.62. The Balaban J connectivity index is 1.76. The van der Waals surface area contributed by atoms with Gasteiger partial charge < -0.3 is 9.88 Å². The molecule has 6 nitrogen and oxygen atoms in total. The molecule has 3 aromatic rings. The number of imidazole rings is 1. The van der Waals surface area contributed by atoms with E-state index in [0.29, 0.717) is 28.5 Å². The molecule has 1 aliphatic heterocycles. The Morgan fingerprint density at radius 1 is 1.12 bits per heavy atom. The number of hydrogen-bond donors (Lipinski definition) is 1. The van der Waals surface area contributed by atoms with Crippen molar-refractivity contribution in [3.63, 3.8) is 0 Å². The van der Waals surface area contributed by atoms with Gasteiger partial charge >= 0.3 is 15.5 Å². The minimum Gasteiger partial charge on any atom is -0.361 e. The van der Waals surface area contributed by atoms with Gasteiger partial charge in [-0.15, -0.1) is 0 Å². The molecule has 0 spiro atoms. The minimum atomic E-state index is -5.62. The van der Waals surface area contributed by atoms with Crippen molar-refractivity contribution in [1.29, 1.82) is 0 Å². The van der Waals surface area contributed by atoms with E-state index >= 15 is 0 Å². The molecule has 0 saturated carbocycles. The van der Waals surface area contributed by atoms with E-state index in [1.807, 2.05) is 35.2 Å². The van der Waals surface area contributed by atoms with Gasteiger partial charge in [0, 0.05) is 31.0 Å². The lowest BCUT2D eigenvalue weighted by atomic mass is 10.0. The van der Waals surface area contributed by atoms with Gasteiger partial charge in [0.05, 0.1) is 18.6 Å². The summed E-state index contributed by atoms with van der Waals surface area (Å²) in [6.07, 6.45) is 3.99. The molecular formula is C22H22F4N4O2S. The summed E-state index contributed by atoms with van der Waals surface area (Å²) in [5, 5.41) is 0. The van der Waals surface area contributed by atoms with Crippen molar-refractivity contribution >= 4 is 15.7 Å². The number of aryl methyl sites for hydroxylation is 1. The summed E-state index contributed by atoms with van der Waals surface area (Å²) >= 11 is 0. The normalized spacial score (nSPS) is 17.6. The van der Waals surface area contributed by atoms with Crippen LogP contribution in [0.3, 0.4) is 0 Å². The fraction of sp³-hybridized carbons (Fsp3) is 0.318. The van der Waals surface area contributed by atoms with E-state index in [0.717, 1.165) is 11.6 Å². The van der Waals surface area contributed by atoms with Crippen LogP contribution in [0.4, 0.5) is 23.2 Å². The summed E-state index contributed by atoms with van der Waals surface area (Å²) in [4.78, 5) is 8.79. The molecular weight excluding hydrogens is 460 g/mol. The number of benzene rings is 2. The maximum Gasteiger partial charge on any atom is 0.511 e. The lowest BCUT2D eigenvalue weighted by molar-refractivity contribution is -0.0492. The van der Waals surface area contributed by atoms with E-state index in [2.05, 4.69) is 9.97 Å². The molecule has 0 bridgehead atoms. The van der Waals surface area contributed by atoms with Crippen LogP contribution in [-0.2, 0) is 29.5 Å². The third kappa shape index (κ3) is 5.03. The van der Waals surface area contributed by atoms with Crippen molar-refractivity contribution in [3.8, 4) is 0 Å². The number of alkyl halides is 3. The molecule has 0 unspecified atom stereocenters. The number of sulfonamides is 1. The fourth-order valence-electron chi connectivity index (χ4n) is 4.07. The van der Waals surface area contributed by atoms with Crippen molar-refractivity contribution in [2.45, 2.75) is 37.5 Å². The standard InChI is InChI=1S/C22H22F4N4O2S/c23-18-7-9-21-17(10-18)12-29(33(31,32)22(24,25)26)14-20(8-6-16-4-2-1-3-5-16)30(21)13-19-11-27-15-28-19/h1-5,7,9-11,15,20H,6,8,12-14H2,(H,27,28)/t20-/m1/s1. The van der Waals surface area contributed by atoms with Gasteiger partial charge in [-0.1, -0.05) is 30.3 Å². The number of H-pyrrole nitrogens is 1. The van der Waals surface area contributed by atoms with Crippen molar-refractivity contribution in [2.24, 2.45) is 0 Å². The van der Waals surface area contributed by atoms with Crippen LogP contribution in [0.15, 0.2) is 61.1 Å². The van der Waals surface area contributed by atoms with E-state index in [1.165, 1.54) is 18.5 Å². The molecule has 0 saturated heterocycles. The quantitative estimate of drug-likeness (QED) is 0.534. The average Bonchev–Trinajstić information content (AvgIpc) is 3.22. The number of rotatable bonds is 6. The molecule has 1 N–H and O–H groups in total. The zero-order valence-electron chi connectivity index (χ0n) is 17.5. The topological polar surface area (TPSA) is 69.3 Å². The van der Waals surface area contributed by atoms with Crippen LogP contribution in [0.25, 0.3) is 0 Å². The van der Waals surface area contributed by atoms with E-state index in [-0.39, 0.29) is 18.7 Å². The number of hydrogen-bond acceptors (Lipinski definition) is 4. The van der Waals surface area contributed by atoms with Crippen LogP contribution < -0.4 is 4.90 Å². The summed E-state index contributed by atoms with van der Waals surface area (Å²) < 4.78 is 79.5. The molecule has 1 atom stereocenters. The number of anilines is 1. The van der Waals surface area contributed by atoms with Crippen LogP contribution in [0.2, 0.25) is 0 Å². The highest BCUT2D eigenvalue weighted by Crippen LogP contribution is 2.36. The Morgan fingerprint density at radius 3 is 2.55 bits per heavy atom. The van der Waals surface area contributed by atoms with Crippen molar-refractivity contribution in [1.82, 2.24) is 14.3 Å². The van der Waals surface area contributed by atoms with E-state index < -0.39 is 33.9 Å². The van der Waals surface area contributed by atoms with Crippen LogP contribution in [-0.4, -0.2) is 40.8 Å². The molecule has 4 rings (SSSR count). The molecule has 0 aliphatic carbocycles. The second kappa shape index (κ2) is 9.14. The Bertz CT molecular complexity index is 1180. The fourth-order valence-corrected chi connectivity index (χ4v) is 5.04. The van der Waals surface area contributed by atoms with Crippen LogP contribution in [0.1, 0.15) is 23.2 Å². The molecule has 176 valence electrons. The van der Waals surface area contributed by atoms with Gasteiger partial charge in [-0.05, 0) is 42.2 Å². The highest BCUT2D eigenvalue weighted by atomic mass is 32.2. The van der Waals surface area contributed by atoms with Crippen LogP contribution >= 0.6 is 0 Å². The Kier molecular flexibility index (Phi) is 6.44. The summed E-state index contributed by atoms with van der Waals surface area (Å²) in [5.74, 6) is -0.651. The first-order valence-corrected chi connectivity index (χ1v) is 11.7. The van der Waals surface area contributed by atoms with Crippen molar-refractivity contribution < 1.29 is 26.0 Å². The van der Waals surface area contributed by atoms with Gasteiger partial charge in [-0.2, -0.15) is 17.5 Å². The van der Waals surface area contributed by atoms with Crippen molar-refractivity contribution in [3.05, 3.63) is 83.7 Å². The van der Waals surface area contributed by atoms with Crippen LogP contribution in [0, 0.1) is 5.82 Å². The van der Waals surface area contributed by atoms with Gasteiger partial charge in [0.15, 0.2) is 0 Å². The third-order valence-corrected chi connectivity index (χ3v) is 7.23. The second-order valence-corrected chi connectivity index (χ2v) is 9.83. The molecule has 0 radical (unpaired) electrons. The summed E-state index contributed by atoms with van der Waals surface area (Å²) in [6.45, 7) is -0.715. The third-order valence-electron chi connectivity index (χ3n) is 5.69. The van der Waals surface area contributed by atoms with Gasteiger partial charge in [-0.3, -0.25) is 0 Å². The molecule has 11 heteroatoms. The lowest BCUT2D eigenvalue weighted by Gasteiger charge is -2.34. The number of aromatic amines is 1. The smallest absolute Gasteiger partial charge is 0.361 e. The number of nitrogens with zero attached hydrogens (tertiary/aromatic N) is 3. The zero-order valence-corrected chi connectivity index (χ0v) is 18.3. The molecule has 1 aromatic heterocycles. The van der Waals surface area contributed by atoms with E-state index in [9.17, 15) is 26.0 Å². The highest BCUT2D eigenvalue weighted by Gasteiger charge is 2.51. The number of fused-ring (bicyclic) bond motifs is 1. The lowest BCUT2D eigenvalue weighted by Crippen LogP contribution is -2.47. The minimum absolute atomic E-state index is 0.171. The SMILES string of the molecule is O=S(=O)(N1Cc2cc(F)ccc2N(Cc2cnc[nH]2)[C@H](CCc2ccccc2)C1)C(F)(F)F. The molecule has 2 aromatic carbocycles. The molecule has 1 aliphatic rings. The van der Waals surface area contributed by atoms with Crippen molar-refractivity contribution in [2.75, 3.05) is 11.4 Å². The first-order chi connectivity index (χ1) is 15.6. The second-order valence-electron chi connectivity index (χ2n) is 7.90. The number of halogens is 4. The maximum absolute atomic E-state index is 14.0. The van der Waals surface area contributed by atoms with Gasteiger partial charge in [0.1, 0.15) is 5.82 Å². The largest absolute Gasteiger partial charge is 0.511 e. The number of nitrogens with one attached hydrogen (secondary N) is 1. The first kappa shape index (κ1) is 23.2. The average molecular weight is 483 g/mol. The Morgan fingerprint density at radius 2 is 1.88 bits per heavy atom. The zero-order chi connectivity index (χ0) is 23.6. The predicted molar refractivity (Wildman–Crippen MR) is 115 cm³/mol. The Hall–Kier alpha value is -2.92.